The van der Waals surface area contributed by atoms with Crippen molar-refractivity contribution in [3.63, 3.8) is 0 Å². The van der Waals surface area contributed by atoms with Crippen molar-refractivity contribution >= 4 is 34.0 Å². The smallest absolute Gasteiger partial charge is 0.211 e. The molecule has 0 aromatic heterocycles. The molecule has 8 heteroatoms. The van der Waals surface area contributed by atoms with Crippen molar-refractivity contribution in [1.82, 2.24) is 14.5 Å². The van der Waals surface area contributed by atoms with Crippen LogP contribution in [-0.2, 0) is 16.6 Å². The van der Waals surface area contributed by atoms with Gasteiger partial charge < -0.3 is 4.90 Å². The Bertz CT molecular complexity index is 972. The highest BCUT2D eigenvalue weighted by Gasteiger charge is 2.26. The van der Waals surface area contributed by atoms with Gasteiger partial charge in [-0.1, -0.05) is 60.8 Å². The molecule has 4 rings (SSSR count). The van der Waals surface area contributed by atoms with Crippen LogP contribution in [0, 0.1) is 0 Å². The van der Waals surface area contributed by atoms with Crippen molar-refractivity contribution < 1.29 is 8.42 Å². The number of hydrogen-bond acceptors (Lipinski definition) is 4. The van der Waals surface area contributed by atoms with Gasteiger partial charge >= 0.3 is 0 Å². The second-order valence-electron chi connectivity index (χ2n) is 9.45. The number of nitrogens with zero attached hydrogens (tertiary/aromatic N) is 2. The molecule has 1 N–H and O–H groups in total. The molecule has 2 aromatic carbocycles. The molecule has 2 fully saturated rings. The van der Waals surface area contributed by atoms with Crippen LogP contribution >= 0.6 is 24.0 Å². The van der Waals surface area contributed by atoms with E-state index in [4.69, 9.17) is 11.6 Å². The van der Waals surface area contributed by atoms with Gasteiger partial charge in [-0.3, -0.25) is 4.90 Å². The van der Waals surface area contributed by atoms with E-state index in [0.717, 1.165) is 82.8 Å². The summed E-state index contributed by atoms with van der Waals surface area (Å²) >= 11 is 5.99. The highest BCUT2D eigenvalue weighted by molar-refractivity contribution is 7.89. The van der Waals surface area contributed by atoms with E-state index in [1.165, 1.54) is 16.7 Å². The molecule has 188 valence electrons. The van der Waals surface area contributed by atoms with E-state index in [1.807, 2.05) is 12.1 Å². The molecule has 0 atom stereocenters. The van der Waals surface area contributed by atoms with Gasteiger partial charge in [0.2, 0.25) is 10.0 Å². The predicted molar refractivity (Wildman–Crippen MR) is 144 cm³/mol. The summed E-state index contributed by atoms with van der Waals surface area (Å²) in [7, 11) is -3.05. The lowest BCUT2D eigenvalue weighted by Gasteiger charge is -2.34. The summed E-state index contributed by atoms with van der Waals surface area (Å²) in [5.74, 6) is 0.281. The highest BCUT2D eigenvalue weighted by atomic mass is 35.5. The maximum absolute atomic E-state index is 11.9. The van der Waals surface area contributed by atoms with Crippen LogP contribution in [0.3, 0.4) is 0 Å². The van der Waals surface area contributed by atoms with Gasteiger partial charge in [0, 0.05) is 43.8 Å². The minimum Gasteiger partial charge on any atom is -0.301 e. The molecule has 2 aromatic rings. The minimum absolute atomic E-state index is 0. The Balaban J connectivity index is 0.00000324. The lowest BCUT2D eigenvalue weighted by molar-refractivity contribution is 0.125. The highest BCUT2D eigenvalue weighted by Crippen LogP contribution is 2.23. The fraction of sp³-hybridized carbons (Fsp3) is 0.538. The lowest BCUT2D eigenvalue weighted by atomic mass is 10.0. The molecule has 0 spiro atoms. The number of benzene rings is 2. The molecule has 1 aliphatic heterocycles. The normalized spacial score (nSPS) is 17.4. The van der Waals surface area contributed by atoms with Gasteiger partial charge in [0.25, 0.3) is 0 Å². The molecule has 1 saturated carbocycles. The van der Waals surface area contributed by atoms with Crippen LogP contribution in [0.5, 0.6) is 0 Å². The van der Waals surface area contributed by atoms with Gasteiger partial charge in [-0.15, -0.1) is 12.4 Å². The largest absolute Gasteiger partial charge is 0.301 e. The SMILES string of the molecule is Cl.O=S(=O)(CCCCCCN1CCN(Cc2ccc(-c3ccc(Cl)cc3)cc2)CC1)NC1CC1. The number of sulfonamides is 1. The summed E-state index contributed by atoms with van der Waals surface area (Å²) in [6.07, 6.45) is 6.04. The molecule has 2 aliphatic rings. The van der Waals surface area contributed by atoms with Gasteiger partial charge in [0.15, 0.2) is 0 Å². The minimum atomic E-state index is -3.05. The van der Waals surface area contributed by atoms with Crippen molar-refractivity contribution in [2.45, 2.75) is 51.1 Å². The first kappa shape index (κ1) is 27.4. The van der Waals surface area contributed by atoms with E-state index in [-0.39, 0.29) is 24.2 Å². The molecule has 1 heterocycles. The van der Waals surface area contributed by atoms with Crippen LogP contribution in [-0.4, -0.2) is 62.7 Å². The molecule has 34 heavy (non-hydrogen) atoms. The van der Waals surface area contributed by atoms with Gasteiger partial charge in [0.05, 0.1) is 5.75 Å². The summed E-state index contributed by atoms with van der Waals surface area (Å²) < 4.78 is 26.5. The zero-order valence-electron chi connectivity index (χ0n) is 19.8. The average Bonchev–Trinajstić information content (AvgIpc) is 3.62. The molecular formula is C26H37Cl2N3O2S. The Labute approximate surface area is 216 Å². The molecule has 5 nitrogen and oxygen atoms in total. The van der Waals surface area contributed by atoms with Gasteiger partial charge in [-0.2, -0.15) is 0 Å². The van der Waals surface area contributed by atoms with Crippen LogP contribution in [0.1, 0.15) is 44.1 Å². The number of nitrogens with one attached hydrogen (secondary N) is 1. The first-order chi connectivity index (χ1) is 16.0. The van der Waals surface area contributed by atoms with Crippen molar-refractivity contribution in [1.29, 1.82) is 0 Å². The molecule has 1 aliphatic carbocycles. The predicted octanol–water partition coefficient (Wildman–Crippen LogP) is 5.19. The zero-order chi connectivity index (χ0) is 23.1. The fourth-order valence-corrected chi connectivity index (χ4v) is 5.94. The summed E-state index contributed by atoms with van der Waals surface area (Å²) in [4.78, 5) is 5.08. The summed E-state index contributed by atoms with van der Waals surface area (Å²) in [6.45, 7) is 6.55. The Hall–Kier alpha value is -1.15. The van der Waals surface area contributed by atoms with Crippen LogP contribution in [0.2, 0.25) is 5.02 Å². The quantitative estimate of drug-likeness (QED) is 0.387. The van der Waals surface area contributed by atoms with E-state index >= 15 is 0 Å². The van der Waals surface area contributed by atoms with Gasteiger partial charge in [0.1, 0.15) is 0 Å². The summed E-state index contributed by atoms with van der Waals surface area (Å²) in [5.41, 5.74) is 3.76. The molecule has 0 unspecified atom stereocenters. The first-order valence-corrected chi connectivity index (χ1v) is 14.3. The molecular weight excluding hydrogens is 489 g/mol. The van der Waals surface area contributed by atoms with Gasteiger partial charge in [-0.05, 0) is 61.1 Å². The summed E-state index contributed by atoms with van der Waals surface area (Å²) in [6, 6.07) is 17.1. The number of piperazine rings is 1. The second kappa shape index (κ2) is 13.2. The van der Waals surface area contributed by atoms with Crippen LogP contribution < -0.4 is 4.72 Å². The van der Waals surface area contributed by atoms with E-state index in [0.29, 0.717) is 0 Å². The van der Waals surface area contributed by atoms with E-state index in [2.05, 4.69) is 50.9 Å². The van der Waals surface area contributed by atoms with Gasteiger partial charge in [-0.25, -0.2) is 13.1 Å². The van der Waals surface area contributed by atoms with E-state index in [9.17, 15) is 8.42 Å². The monoisotopic (exact) mass is 525 g/mol. The maximum atomic E-state index is 11.9. The van der Waals surface area contributed by atoms with Crippen molar-refractivity contribution in [2.24, 2.45) is 0 Å². The number of halogens is 2. The number of hydrogen-bond donors (Lipinski definition) is 1. The average molecular weight is 527 g/mol. The number of rotatable bonds is 12. The standard InChI is InChI=1S/C26H36ClN3O2S.ClH/c27-25-11-9-24(10-12-25)23-7-5-22(6-8-23)21-30-18-16-29(17-19-30)15-3-1-2-4-20-33(31,32)28-26-13-14-26;/h5-12,26,28H,1-4,13-21H2;1H. The number of unbranched alkanes of at least 4 members (excludes halogenated alkanes) is 3. The third kappa shape index (κ3) is 9.14. The molecule has 0 bridgehead atoms. The van der Waals surface area contributed by atoms with Crippen LogP contribution in [0.4, 0.5) is 0 Å². The van der Waals surface area contributed by atoms with E-state index < -0.39 is 10.0 Å². The van der Waals surface area contributed by atoms with Crippen LogP contribution in [0.15, 0.2) is 48.5 Å². The maximum Gasteiger partial charge on any atom is 0.211 e. The Morgan fingerprint density at radius 2 is 1.35 bits per heavy atom. The summed E-state index contributed by atoms with van der Waals surface area (Å²) in [5, 5.41) is 0.765. The first-order valence-electron chi connectivity index (χ1n) is 12.3. The Kier molecular flexibility index (Phi) is 10.7. The Morgan fingerprint density at radius 1 is 0.794 bits per heavy atom. The third-order valence-electron chi connectivity index (χ3n) is 6.56. The molecule has 0 amide bonds. The van der Waals surface area contributed by atoms with E-state index in [1.54, 1.807) is 0 Å². The molecule has 1 saturated heterocycles. The van der Waals surface area contributed by atoms with Crippen molar-refractivity contribution in [3.05, 3.63) is 59.1 Å². The zero-order valence-corrected chi connectivity index (χ0v) is 22.2. The van der Waals surface area contributed by atoms with Crippen molar-refractivity contribution in [2.75, 3.05) is 38.5 Å². The fourth-order valence-electron chi connectivity index (χ4n) is 4.37. The van der Waals surface area contributed by atoms with Crippen LogP contribution in [0.25, 0.3) is 11.1 Å². The second-order valence-corrected chi connectivity index (χ2v) is 11.8. The lowest BCUT2D eigenvalue weighted by Crippen LogP contribution is -2.46. The third-order valence-corrected chi connectivity index (χ3v) is 8.33. The van der Waals surface area contributed by atoms with Crippen molar-refractivity contribution in [3.8, 4) is 11.1 Å². The Morgan fingerprint density at radius 3 is 1.97 bits per heavy atom. The molecule has 0 radical (unpaired) electrons. The topological polar surface area (TPSA) is 52.7 Å².